The van der Waals surface area contributed by atoms with Crippen LogP contribution in [-0.4, -0.2) is 49.0 Å². The Morgan fingerprint density at radius 2 is 1.81 bits per heavy atom. The summed E-state index contributed by atoms with van der Waals surface area (Å²) in [4.78, 5) is 19.0. The van der Waals surface area contributed by atoms with Crippen molar-refractivity contribution in [2.45, 2.75) is 25.3 Å². The van der Waals surface area contributed by atoms with E-state index in [2.05, 4.69) is 20.5 Å². The van der Waals surface area contributed by atoms with Crippen molar-refractivity contribution in [1.82, 2.24) is 30.0 Å². The van der Waals surface area contributed by atoms with E-state index in [1.807, 2.05) is 70.4 Å². The lowest BCUT2D eigenvalue weighted by Crippen LogP contribution is -2.40. The molecule has 0 bridgehead atoms. The molecule has 0 unspecified atom stereocenters. The zero-order valence-electron chi connectivity index (χ0n) is 17.3. The van der Waals surface area contributed by atoms with E-state index >= 15 is 0 Å². The number of carbonyl (C=O) groups is 1. The smallest absolute Gasteiger partial charge is 0.280 e. The van der Waals surface area contributed by atoms with Gasteiger partial charge in [0, 0.05) is 23.7 Å². The molecule has 0 spiro atoms. The topological polar surface area (TPSA) is 89.9 Å². The van der Waals surface area contributed by atoms with Crippen molar-refractivity contribution in [1.29, 1.82) is 0 Å². The predicted octanol–water partition coefficient (Wildman–Crippen LogP) is 4.05. The Bertz CT molecular complexity index is 1210. The van der Waals surface area contributed by atoms with E-state index in [9.17, 15) is 4.79 Å². The van der Waals surface area contributed by atoms with Gasteiger partial charge in [-0.3, -0.25) is 4.79 Å². The first kappa shape index (κ1) is 20.4. The molecule has 1 aliphatic heterocycles. The Kier molecular flexibility index (Phi) is 5.68. The van der Waals surface area contributed by atoms with Crippen LogP contribution in [-0.2, 0) is 11.2 Å². The van der Waals surface area contributed by atoms with Gasteiger partial charge in [0.2, 0.25) is 11.7 Å². The number of halogens is 1. The second kappa shape index (κ2) is 8.92. The number of hydrogen-bond donors (Lipinski definition) is 0. The summed E-state index contributed by atoms with van der Waals surface area (Å²) in [5.74, 6) is 0.943. The van der Waals surface area contributed by atoms with Gasteiger partial charge in [-0.25, -0.2) is 4.68 Å². The third-order valence-corrected chi connectivity index (χ3v) is 6.05. The zero-order chi connectivity index (χ0) is 21.9. The monoisotopic (exact) mass is 448 g/mol. The first-order valence-electron chi connectivity index (χ1n) is 10.5. The van der Waals surface area contributed by atoms with Gasteiger partial charge in [0.1, 0.15) is 0 Å². The molecule has 5 rings (SSSR count). The fourth-order valence-corrected chi connectivity index (χ4v) is 4.08. The highest BCUT2D eigenvalue weighted by Gasteiger charge is 2.26. The Balaban J connectivity index is 1.21. The predicted molar refractivity (Wildman–Crippen MR) is 119 cm³/mol. The average Bonchev–Trinajstić information content (AvgIpc) is 3.51. The van der Waals surface area contributed by atoms with Crippen LogP contribution in [0.3, 0.4) is 0 Å². The molecule has 4 aromatic rings. The van der Waals surface area contributed by atoms with Crippen molar-refractivity contribution >= 4 is 17.5 Å². The molecule has 9 heteroatoms. The minimum Gasteiger partial charge on any atom is -0.342 e. The van der Waals surface area contributed by atoms with Crippen LogP contribution < -0.4 is 0 Å². The maximum absolute atomic E-state index is 12.7. The lowest BCUT2D eigenvalue weighted by molar-refractivity contribution is -0.131. The van der Waals surface area contributed by atoms with Gasteiger partial charge in [-0.2, -0.15) is 4.98 Å². The van der Waals surface area contributed by atoms with E-state index in [0.717, 1.165) is 24.0 Å². The molecule has 3 heterocycles. The van der Waals surface area contributed by atoms with Gasteiger partial charge in [-0.05, 0) is 24.5 Å². The van der Waals surface area contributed by atoms with Crippen molar-refractivity contribution in [2.75, 3.05) is 13.1 Å². The van der Waals surface area contributed by atoms with E-state index in [0.29, 0.717) is 41.9 Å². The summed E-state index contributed by atoms with van der Waals surface area (Å²) in [5, 5.41) is 13.1. The van der Waals surface area contributed by atoms with E-state index in [1.54, 1.807) is 0 Å². The summed E-state index contributed by atoms with van der Waals surface area (Å²) in [6.45, 7) is 1.34. The Labute approximate surface area is 189 Å². The highest BCUT2D eigenvalue weighted by atomic mass is 35.5. The maximum Gasteiger partial charge on any atom is 0.280 e. The molecule has 8 nitrogen and oxygen atoms in total. The fourth-order valence-electron chi connectivity index (χ4n) is 3.88. The number of likely N-dealkylation sites (tertiary alicyclic amines) is 1. The number of amides is 1. The summed E-state index contributed by atoms with van der Waals surface area (Å²) in [5.41, 5.74) is 2.28. The summed E-state index contributed by atoms with van der Waals surface area (Å²) >= 11 is 6.19. The van der Waals surface area contributed by atoms with Gasteiger partial charge >= 0.3 is 0 Å². The zero-order valence-corrected chi connectivity index (χ0v) is 18.0. The first-order chi connectivity index (χ1) is 15.7. The maximum atomic E-state index is 12.7. The lowest BCUT2D eigenvalue weighted by Gasteiger charge is -2.32. The minimum absolute atomic E-state index is 0.0927. The summed E-state index contributed by atoms with van der Waals surface area (Å²) in [6, 6.07) is 17.3. The Morgan fingerprint density at radius 1 is 1.06 bits per heavy atom. The van der Waals surface area contributed by atoms with Gasteiger partial charge < -0.3 is 9.42 Å². The Hall–Kier alpha value is -3.52. The van der Waals surface area contributed by atoms with Crippen molar-refractivity contribution in [2.24, 2.45) is 0 Å². The molecule has 0 N–H and O–H groups in total. The highest BCUT2D eigenvalue weighted by molar-refractivity contribution is 6.31. The van der Waals surface area contributed by atoms with E-state index in [1.165, 1.54) is 0 Å². The fraction of sp³-hybridized carbons (Fsp3) is 0.261. The van der Waals surface area contributed by atoms with Crippen LogP contribution in [0.15, 0.2) is 65.3 Å². The quantitative estimate of drug-likeness (QED) is 0.457. The van der Waals surface area contributed by atoms with E-state index < -0.39 is 0 Å². The van der Waals surface area contributed by atoms with E-state index in [4.69, 9.17) is 16.1 Å². The first-order valence-corrected chi connectivity index (χ1v) is 10.9. The van der Waals surface area contributed by atoms with Crippen molar-refractivity contribution < 1.29 is 9.32 Å². The average molecular weight is 449 g/mol. The van der Waals surface area contributed by atoms with Crippen molar-refractivity contribution in [3.05, 3.63) is 71.4 Å². The van der Waals surface area contributed by atoms with Gasteiger partial charge in [0.05, 0.1) is 18.7 Å². The van der Waals surface area contributed by atoms with Crippen molar-refractivity contribution in [3.8, 4) is 23.0 Å². The number of benzene rings is 2. The highest BCUT2D eigenvalue weighted by Crippen LogP contribution is 2.26. The lowest BCUT2D eigenvalue weighted by atomic mass is 10.0. The van der Waals surface area contributed by atoms with Crippen LogP contribution in [0.5, 0.6) is 0 Å². The molecule has 0 radical (unpaired) electrons. The van der Waals surface area contributed by atoms with Crippen LogP contribution in [0.25, 0.3) is 23.0 Å². The number of aromatic nitrogens is 5. The molecule has 32 heavy (non-hydrogen) atoms. The van der Waals surface area contributed by atoms with Gasteiger partial charge in [-0.1, -0.05) is 70.5 Å². The third-order valence-electron chi connectivity index (χ3n) is 5.68. The third kappa shape index (κ3) is 4.27. The molecule has 1 saturated heterocycles. The SMILES string of the molecule is O=C(Cc1ccccc1Cl)N1CCC(n2cc(-c3nc(-c4ccccc4)no3)nn2)CC1. The second-order valence-corrected chi connectivity index (χ2v) is 8.16. The van der Waals surface area contributed by atoms with Crippen LogP contribution in [0.2, 0.25) is 5.02 Å². The van der Waals surface area contributed by atoms with Crippen LogP contribution in [0.4, 0.5) is 0 Å². The largest absolute Gasteiger partial charge is 0.342 e. The minimum atomic E-state index is 0.0927. The molecule has 1 fully saturated rings. The number of hydrogen-bond acceptors (Lipinski definition) is 6. The summed E-state index contributed by atoms with van der Waals surface area (Å²) in [7, 11) is 0. The number of nitrogens with zero attached hydrogens (tertiary/aromatic N) is 6. The van der Waals surface area contributed by atoms with Gasteiger partial charge in [-0.15, -0.1) is 5.10 Å². The molecular weight excluding hydrogens is 428 g/mol. The van der Waals surface area contributed by atoms with Gasteiger partial charge in [0.15, 0.2) is 5.69 Å². The van der Waals surface area contributed by atoms with Crippen LogP contribution in [0, 0.1) is 0 Å². The normalized spacial score (nSPS) is 14.6. The number of carbonyl (C=O) groups excluding carboxylic acids is 1. The molecule has 1 aliphatic rings. The van der Waals surface area contributed by atoms with Gasteiger partial charge in [0.25, 0.3) is 5.89 Å². The Morgan fingerprint density at radius 3 is 2.59 bits per heavy atom. The molecule has 1 amide bonds. The second-order valence-electron chi connectivity index (χ2n) is 7.75. The van der Waals surface area contributed by atoms with E-state index in [-0.39, 0.29) is 11.9 Å². The molecule has 2 aromatic carbocycles. The number of piperidine rings is 1. The standard InChI is InChI=1S/C23H21ClN6O2/c24-19-9-5-4-8-17(19)14-21(31)29-12-10-18(11-13-29)30-15-20(26-28-30)23-25-22(27-32-23)16-6-2-1-3-7-16/h1-9,15,18H,10-14H2. The molecule has 2 aromatic heterocycles. The van der Waals surface area contributed by atoms with Crippen molar-refractivity contribution in [3.63, 3.8) is 0 Å². The summed E-state index contributed by atoms with van der Waals surface area (Å²) < 4.78 is 7.21. The molecular formula is C23H21ClN6O2. The summed E-state index contributed by atoms with van der Waals surface area (Å²) in [6.07, 6.45) is 3.75. The molecule has 0 aliphatic carbocycles. The molecule has 0 atom stereocenters. The molecule has 0 saturated carbocycles. The van der Waals surface area contributed by atoms with Crippen LogP contribution in [0.1, 0.15) is 24.4 Å². The van der Waals surface area contributed by atoms with Crippen LogP contribution >= 0.6 is 11.6 Å². The number of rotatable bonds is 5. The molecule has 162 valence electrons.